The number of rotatable bonds is 8. The van der Waals surface area contributed by atoms with Crippen molar-refractivity contribution >= 4 is 11.9 Å². The summed E-state index contributed by atoms with van der Waals surface area (Å²) in [5.41, 5.74) is 1.35. The third-order valence-electron chi connectivity index (χ3n) is 3.71. The summed E-state index contributed by atoms with van der Waals surface area (Å²) in [6.07, 6.45) is 3.42. The summed E-state index contributed by atoms with van der Waals surface area (Å²) in [6.45, 7) is 4.33. The molecule has 2 N–H and O–H groups in total. The first-order valence-electron chi connectivity index (χ1n) is 8.08. The number of carboxylic acids is 1. The van der Waals surface area contributed by atoms with Crippen LogP contribution < -0.4 is 10.1 Å². The molecule has 1 aromatic carbocycles. The van der Waals surface area contributed by atoms with Gasteiger partial charge in [0, 0.05) is 6.20 Å². The summed E-state index contributed by atoms with van der Waals surface area (Å²) < 4.78 is 6.75. The first-order valence-corrected chi connectivity index (χ1v) is 8.08. The van der Waals surface area contributed by atoms with Crippen molar-refractivity contribution < 1.29 is 19.4 Å². The molecule has 1 atom stereocenters. The van der Waals surface area contributed by atoms with E-state index in [0.29, 0.717) is 18.5 Å². The van der Waals surface area contributed by atoms with Crippen molar-refractivity contribution in [3.05, 3.63) is 47.8 Å². The van der Waals surface area contributed by atoms with E-state index in [9.17, 15) is 14.7 Å². The van der Waals surface area contributed by atoms with Crippen molar-refractivity contribution in [3.8, 4) is 5.75 Å². The molecule has 0 radical (unpaired) electrons. The average molecular weight is 345 g/mol. The van der Waals surface area contributed by atoms with Crippen LogP contribution in [0, 0.1) is 5.92 Å². The van der Waals surface area contributed by atoms with Crippen LogP contribution >= 0.6 is 0 Å². The highest BCUT2D eigenvalue weighted by Crippen LogP contribution is 2.12. The van der Waals surface area contributed by atoms with Crippen LogP contribution in [0.1, 0.15) is 36.2 Å². The number of benzene rings is 1. The molecule has 134 valence electrons. The first kappa shape index (κ1) is 18.5. The van der Waals surface area contributed by atoms with Crippen LogP contribution in [0.2, 0.25) is 0 Å². The Hall–Kier alpha value is -2.83. The summed E-state index contributed by atoms with van der Waals surface area (Å²) >= 11 is 0. The van der Waals surface area contributed by atoms with E-state index in [1.165, 1.54) is 6.20 Å². The Labute approximate surface area is 146 Å². The van der Waals surface area contributed by atoms with Gasteiger partial charge in [-0.1, -0.05) is 26.0 Å². The number of carboxylic acid groups (broad SMARTS) is 1. The van der Waals surface area contributed by atoms with Crippen LogP contribution in [0.4, 0.5) is 0 Å². The van der Waals surface area contributed by atoms with Crippen molar-refractivity contribution in [3.63, 3.8) is 0 Å². The number of aromatic nitrogens is 2. The van der Waals surface area contributed by atoms with Crippen LogP contribution in [0.25, 0.3) is 0 Å². The molecule has 2 aromatic rings. The minimum Gasteiger partial charge on any atom is -0.497 e. The number of nitrogens with zero attached hydrogens (tertiary/aromatic N) is 2. The Kier molecular flexibility index (Phi) is 6.16. The van der Waals surface area contributed by atoms with Gasteiger partial charge in [0.15, 0.2) is 0 Å². The maximum atomic E-state index is 12.2. The summed E-state index contributed by atoms with van der Waals surface area (Å²) in [5.74, 6) is -0.532. The van der Waals surface area contributed by atoms with Crippen molar-refractivity contribution in [1.29, 1.82) is 0 Å². The van der Waals surface area contributed by atoms with E-state index < -0.39 is 17.9 Å². The lowest BCUT2D eigenvalue weighted by molar-refractivity contribution is -0.139. The van der Waals surface area contributed by atoms with Crippen LogP contribution in [-0.2, 0) is 11.3 Å². The SMILES string of the molecule is COc1ccc(Cn2cc(C(=O)N[C@H](CC(C)C)C(=O)O)cn2)cc1. The van der Waals surface area contributed by atoms with E-state index >= 15 is 0 Å². The van der Waals surface area contributed by atoms with Gasteiger partial charge in [-0.05, 0) is 30.0 Å². The zero-order valence-electron chi connectivity index (χ0n) is 14.6. The lowest BCUT2D eigenvalue weighted by Gasteiger charge is -2.15. The van der Waals surface area contributed by atoms with Gasteiger partial charge in [-0.15, -0.1) is 0 Å². The molecule has 25 heavy (non-hydrogen) atoms. The van der Waals surface area contributed by atoms with Gasteiger partial charge < -0.3 is 15.2 Å². The minimum absolute atomic E-state index is 0.166. The molecule has 0 aliphatic rings. The molecule has 0 aliphatic carbocycles. The van der Waals surface area contributed by atoms with Crippen molar-refractivity contribution in [2.45, 2.75) is 32.9 Å². The van der Waals surface area contributed by atoms with Crippen LogP contribution in [-0.4, -0.2) is 39.9 Å². The van der Waals surface area contributed by atoms with E-state index in [-0.39, 0.29) is 5.92 Å². The third-order valence-corrected chi connectivity index (χ3v) is 3.71. The molecule has 7 nitrogen and oxygen atoms in total. The lowest BCUT2D eigenvalue weighted by atomic mass is 10.0. The van der Waals surface area contributed by atoms with Crippen LogP contribution in [0.15, 0.2) is 36.7 Å². The minimum atomic E-state index is -1.03. The number of hydrogen-bond acceptors (Lipinski definition) is 4. The molecule has 7 heteroatoms. The van der Waals surface area contributed by atoms with Gasteiger partial charge in [-0.2, -0.15) is 5.10 Å². The largest absolute Gasteiger partial charge is 0.497 e. The predicted octanol–water partition coefficient (Wildman–Crippen LogP) is 2.17. The summed E-state index contributed by atoms with van der Waals surface area (Å²) in [7, 11) is 1.61. The van der Waals surface area contributed by atoms with Crippen molar-refractivity contribution in [2.75, 3.05) is 7.11 Å². The van der Waals surface area contributed by atoms with Gasteiger partial charge in [0.25, 0.3) is 5.91 Å². The topological polar surface area (TPSA) is 93.5 Å². The molecule has 0 bridgehead atoms. The van der Waals surface area contributed by atoms with E-state index in [0.717, 1.165) is 11.3 Å². The lowest BCUT2D eigenvalue weighted by Crippen LogP contribution is -2.41. The Balaban J connectivity index is 2.01. The van der Waals surface area contributed by atoms with E-state index in [4.69, 9.17) is 4.74 Å². The Bertz CT molecular complexity index is 722. The van der Waals surface area contributed by atoms with Gasteiger partial charge in [0.2, 0.25) is 0 Å². The van der Waals surface area contributed by atoms with Crippen LogP contribution in [0.5, 0.6) is 5.75 Å². The fourth-order valence-corrected chi connectivity index (χ4v) is 2.42. The fourth-order valence-electron chi connectivity index (χ4n) is 2.42. The summed E-state index contributed by atoms with van der Waals surface area (Å²) in [6, 6.07) is 6.65. The zero-order chi connectivity index (χ0) is 18.4. The Morgan fingerprint density at radius 2 is 1.96 bits per heavy atom. The smallest absolute Gasteiger partial charge is 0.326 e. The van der Waals surface area contributed by atoms with Crippen LogP contribution in [0.3, 0.4) is 0 Å². The van der Waals surface area contributed by atoms with Gasteiger partial charge in [-0.25, -0.2) is 4.79 Å². The highest BCUT2D eigenvalue weighted by molar-refractivity contribution is 5.96. The molecule has 0 aliphatic heterocycles. The zero-order valence-corrected chi connectivity index (χ0v) is 14.6. The fraction of sp³-hybridized carbons (Fsp3) is 0.389. The molecule has 0 unspecified atom stereocenters. The summed E-state index contributed by atoms with van der Waals surface area (Å²) in [5, 5.41) is 15.9. The second-order valence-corrected chi connectivity index (χ2v) is 6.27. The molecule has 0 fully saturated rings. The second-order valence-electron chi connectivity index (χ2n) is 6.27. The number of carbonyl (C=O) groups excluding carboxylic acids is 1. The summed E-state index contributed by atoms with van der Waals surface area (Å²) in [4.78, 5) is 23.5. The highest BCUT2D eigenvalue weighted by atomic mass is 16.5. The maximum Gasteiger partial charge on any atom is 0.326 e. The monoisotopic (exact) mass is 345 g/mol. The first-order chi connectivity index (χ1) is 11.9. The van der Waals surface area contributed by atoms with Crippen molar-refractivity contribution in [2.24, 2.45) is 5.92 Å². The number of amides is 1. The molecular weight excluding hydrogens is 322 g/mol. The van der Waals surface area contributed by atoms with E-state index in [1.807, 2.05) is 38.1 Å². The number of carbonyl (C=O) groups is 2. The van der Waals surface area contributed by atoms with Gasteiger partial charge in [0.1, 0.15) is 11.8 Å². The number of ether oxygens (including phenoxy) is 1. The molecule has 0 saturated heterocycles. The molecule has 0 saturated carbocycles. The quantitative estimate of drug-likeness (QED) is 0.765. The average Bonchev–Trinajstić information content (AvgIpc) is 3.03. The number of methoxy groups -OCH3 is 1. The van der Waals surface area contributed by atoms with Crippen molar-refractivity contribution in [1.82, 2.24) is 15.1 Å². The molecular formula is C18H23N3O4. The molecule has 1 heterocycles. The van der Waals surface area contributed by atoms with Gasteiger partial charge in [-0.3, -0.25) is 9.48 Å². The van der Waals surface area contributed by atoms with Gasteiger partial charge in [0.05, 0.1) is 25.4 Å². The number of aliphatic carboxylic acids is 1. The molecule has 1 amide bonds. The predicted molar refractivity (Wildman–Crippen MR) is 92.7 cm³/mol. The van der Waals surface area contributed by atoms with E-state index in [2.05, 4.69) is 10.4 Å². The number of nitrogens with one attached hydrogen (secondary N) is 1. The second kappa shape index (κ2) is 8.32. The standard InChI is InChI=1S/C18H23N3O4/c1-12(2)8-16(18(23)24)20-17(22)14-9-19-21(11-14)10-13-4-6-15(25-3)7-5-13/h4-7,9,11-12,16H,8,10H2,1-3H3,(H,20,22)(H,23,24)/t16-/m1/s1. The van der Waals surface area contributed by atoms with Gasteiger partial charge >= 0.3 is 5.97 Å². The number of hydrogen-bond donors (Lipinski definition) is 2. The highest BCUT2D eigenvalue weighted by Gasteiger charge is 2.22. The molecule has 2 rings (SSSR count). The normalized spacial score (nSPS) is 12.0. The van der Waals surface area contributed by atoms with E-state index in [1.54, 1.807) is 18.0 Å². The Morgan fingerprint density at radius 1 is 1.28 bits per heavy atom. The molecule has 0 spiro atoms. The Morgan fingerprint density at radius 3 is 2.52 bits per heavy atom. The molecule has 1 aromatic heterocycles. The maximum absolute atomic E-state index is 12.2. The third kappa shape index (κ3) is 5.34.